The van der Waals surface area contributed by atoms with Gasteiger partial charge in [-0.1, -0.05) is 18.2 Å². The minimum absolute atomic E-state index is 0.0182. The molecule has 0 aromatic heterocycles. The Labute approximate surface area is 143 Å². The molecule has 0 aliphatic carbocycles. The Kier molecular flexibility index (Phi) is 6.35. The summed E-state index contributed by atoms with van der Waals surface area (Å²) in [5, 5.41) is 16.9. The van der Waals surface area contributed by atoms with Crippen LogP contribution >= 0.6 is 0 Å². The third-order valence-electron chi connectivity index (χ3n) is 3.18. The maximum absolute atomic E-state index is 11.8. The molecule has 0 spiro atoms. The Hall–Kier alpha value is -3.55. The molecule has 8 heteroatoms. The highest BCUT2D eigenvalue weighted by Crippen LogP contribution is 2.10. The fourth-order valence-corrected chi connectivity index (χ4v) is 1.90. The molecular formula is C17H16N4O4. The van der Waals surface area contributed by atoms with Crippen LogP contribution in [0.2, 0.25) is 0 Å². The van der Waals surface area contributed by atoms with Gasteiger partial charge in [0.1, 0.15) is 0 Å². The van der Waals surface area contributed by atoms with E-state index in [1.54, 1.807) is 24.3 Å². The summed E-state index contributed by atoms with van der Waals surface area (Å²) in [6.45, 7) is 0.187. The first-order valence-electron chi connectivity index (χ1n) is 7.46. The quantitative estimate of drug-likeness (QED) is 0.455. The number of benzene rings is 2. The van der Waals surface area contributed by atoms with Crippen LogP contribution in [0.5, 0.6) is 0 Å². The molecule has 0 aliphatic rings. The molecule has 0 unspecified atom stereocenters. The van der Waals surface area contributed by atoms with E-state index in [9.17, 15) is 19.7 Å². The number of hydrogen-bond donors (Lipinski definition) is 2. The number of non-ortho nitro benzene ring substituents is 1. The third kappa shape index (κ3) is 5.87. The largest absolute Gasteiger partial charge is 0.352 e. The number of rotatable bonds is 7. The predicted molar refractivity (Wildman–Crippen MR) is 92.2 cm³/mol. The van der Waals surface area contributed by atoms with Gasteiger partial charge in [-0.2, -0.15) is 5.10 Å². The van der Waals surface area contributed by atoms with Gasteiger partial charge in [0.25, 0.3) is 11.6 Å². The van der Waals surface area contributed by atoms with Crippen LogP contribution in [-0.2, 0) is 4.79 Å². The summed E-state index contributed by atoms with van der Waals surface area (Å²) in [6, 6.07) is 14.4. The molecular weight excluding hydrogens is 324 g/mol. The van der Waals surface area contributed by atoms with Crippen LogP contribution in [0, 0.1) is 10.1 Å². The molecule has 0 fully saturated rings. The van der Waals surface area contributed by atoms with Crippen molar-refractivity contribution < 1.29 is 14.5 Å². The standard InChI is InChI=1S/C17H16N4O4/c22-16(10-11-18-17(23)14-4-2-1-3-5-14)20-19-12-13-6-8-15(9-7-13)21(24)25/h1-9,12H,10-11H2,(H,18,23)(H,20,22)/b19-12-. The Morgan fingerprint density at radius 3 is 2.40 bits per heavy atom. The summed E-state index contributed by atoms with van der Waals surface area (Å²) in [5.41, 5.74) is 3.45. The zero-order valence-electron chi connectivity index (χ0n) is 13.2. The maximum atomic E-state index is 11.8. The zero-order chi connectivity index (χ0) is 18.1. The Bertz CT molecular complexity index is 773. The lowest BCUT2D eigenvalue weighted by molar-refractivity contribution is -0.384. The van der Waals surface area contributed by atoms with Crippen molar-refractivity contribution in [2.45, 2.75) is 6.42 Å². The lowest BCUT2D eigenvalue weighted by Crippen LogP contribution is -2.28. The van der Waals surface area contributed by atoms with Crippen molar-refractivity contribution in [3.8, 4) is 0 Å². The number of carbonyl (C=O) groups excluding carboxylic acids is 2. The van der Waals surface area contributed by atoms with Crippen molar-refractivity contribution in [1.29, 1.82) is 0 Å². The summed E-state index contributed by atoms with van der Waals surface area (Å²) in [4.78, 5) is 33.5. The van der Waals surface area contributed by atoms with Gasteiger partial charge in [0.15, 0.2) is 0 Å². The van der Waals surface area contributed by atoms with Gasteiger partial charge in [0.2, 0.25) is 5.91 Å². The summed E-state index contributed by atoms with van der Waals surface area (Å²) in [6.07, 6.45) is 1.46. The SMILES string of the molecule is O=C(CCNC(=O)c1ccccc1)N/N=C\c1ccc([N+](=O)[O-])cc1. The van der Waals surface area contributed by atoms with Crippen molar-refractivity contribution in [2.75, 3.05) is 6.54 Å². The number of hydrazone groups is 1. The first-order valence-corrected chi connectivity index (χ1v) is 7.46. The zero-order valence-corrected chi connectivity index (χ0v) is 13.2. The van der Waals surface area contributed by atoms with Crippen molar-refractivity contribution in [1.82, 2.24) is 10.7 Å². The summed E-state index contributed by atoms with van der Waals surface area (Å²) in [5.74, 6) is -0.602. The van der Waals surface area contributed by atoms with Gasteiger partial charge >= 0.3 is 0 Å². The van der Waals surface area contributed by atoms with Gasteiger partial charge < -0.3 is 5.32 Å². The second-order valence-electron chi connectivity index (χ2n) is 5.01. The predicted octanol–water partition coefficient (Wildman–Crippen LogP) is 1.86. The summed E-state index contributed by atoms with van der Waals surface area (Å²) in [7, 11) is 0. The lowest BCUT2D eigenvalue weighted by atomic mass is 10.2. The molecule has 25 heavy (non-hydrogen) atoms. The van der Waals surface area contributed by atoms with Gasteiger partial charge in [-0.15, -0.1) is 0 Å². The average molecular weight is 340 g/mol. The molecule has 2 N–H and O–H groups in total. The Morgan fingerprint density at radius 1 is 1.08 bits per heavy atom. The van der Waals surface area contributed by atoms with E-state index in [1.165, 1.54) is 30.5 Å². The van der Waals surface area contributed by atoms with Crippen LogP contribution < -0.4 is 10.7 Å². The summed E-state index contributed by atoms with van der Waals surface area (Å²) >= 11 is 0. The van der Waals surface area contributed by atoms with E-state index in [4.69, 9.17) is 0 Å². The van der Waals surface area contributed by atoms with Crippen molar-refractivity contribution in [3.05, 3.63) is 75.8 Å². The van der Waals surface area contributed by atoms with E-state index in [2.05, 4.69) is 15.8 Å². The highest BCUT2D eigenvalue weighted by atomic mass is 16.6. The second-order valence-corrected chi connectivity index (χ2v) is 5.01. The van der Waals surface area contributed by atoms with E-state index >= 15 is 0 Å². The lowest BCUT2D eigenvalue weighted by Gasteiger charge is -2.04. The number of carbonyl (C=O) groups is 2. The summed E-state index contributed by atoms with van der Waals surface area (Å²) < 4.78 is 0. The first-order chi connectivity index (χ1) is 12.1. The van der Waals surface area contributed by atoms with Gasteiger partial charge in [-0.3, -0.25) is 19.7 Å². The molecule has 0 aliphatic heterocycles. The van der Waals surface area contributed by atoms with Gasteiger partial charge in [0, 0.05) is 30.7 Å². The third-order valence-corrected chi connectivity index (χ3v) is 3.18. The van der Waals surface area contributed by atoms with E-state index in [0.717, 1.165) is 0 Å². The normalized spacial score (nSPS) is 10.4. The topological polar surface area (TPSA) is 114 Å². The monoisotopic (exact) mass is 340 g/mol. The molecule has 2 aromatic rings. The molecule has 2 aromatic carbocycles. The van der Waals surface area contributed by atoms with Crippen LogP contribution in [0.4, 0.5) is 5.69 Å². The smallest absolute Gasteiger partial charge is 0.269 e. The fourth-order valence-electron chi connectivity index (χ4n) is 1.90. The average Bonchev–Trinajstić information content (AvgIpc) is 2.63. The Balaban J connectivity index is 1.71. The van der Waals surface area contributed by atoms with Crippen LogP contribution in [0.25, 0.3) is 0 Å². The van der Waals surface area contributed by atoms with E-state index < -0.39 is 4.92 Å². The van der Waals surface area contributed by atoms with E-state index in [-0.39, 0.29) is 30.5 Å². The fraction of sp³-hybridized carbons (Fsp3) is 0.118. The number of amides is 2. The van der Waals surface area contributed by atoms with Crippen molar-refractivity contribution in [3.63, 3.8) is 0 Å². The highest BCUT2D eigenvalue weighted by molar-refractivity contribution is 5.94. The van der Waals surface area contributed by atoms with Gasteiger partial charge in [-0.05, 0) is 29.8 Å². The van der Waals surface area contributed by atoms with Crippen molar-refractivity contribution in [2.24, 2.45) is 5.10 Å². The van der Waals surface area contributed by atoms with Gasteiger partial charge in [0.05, 0.1) is 11.1 Å². The minimum Gasteiger partial charge on any atom is -0.352 e. The number of nitrogens with zero attached hydrogens (tertiary/aromatic N) is 2. The minimum atomic E-state index is -0.494. The van der Waals surface area contributed by atoms with E-state index in [1.807, 2.05) is 6.07 Å². The number of nitro benzene ring substituents is 1. The molecule has 8 nitrogen and oxygen atoms in total. The highest BCUT2D eigenvalue weighted by Gasteiger charge is 2.05. The molecule has 0 saturated carbocycles. The number of hydrogen-bond acceptors (Lipinski definition) is 5. The van der Waals surface area contributed by atoms with E-state index in [0.29, 0.717) is 11.1 Å². The molecule has 0 bridgehead atoms. The number of nitrogens with one attached hydrogen (secondary N) is 2. The molecule has 2 rings (SSSR count). The van der Waals surface area contributed by atoms with Crippen molar-refractivity contribution >= 4 is 23.7 Å². The molecule has 0 radical (unpaired) electrons. The second kappa shape index (κ2) is 8.92. The Morgan fingerprint density at radius 2 is 1.76 bits per heavy atom. The first kappa shape index (κ1) is 17.8. The van der Waals surface area contributed by atoms with Crippen LogP contribution in [-0.4, -0.2) is 29.5 Å². The maximum Gasteiger partial charge on any atom is 0.269 e. The molecule has 0 saturated heterocycles. The van der Waals surface area contributed by atoms with Crippen LogP contribution in [0.3, 0.4) is 0 Å². The van der Waals surface area contributed by atoms with Crippen LogP contribution in [0.1, 0.15) is 22.3 Å². The molecule has 2 amide bonds. The van der Waals surface area contributed by atoms with Gasteiger partial charge in [-0.25, -0.2) is 5.43 Å². The van der Waals surface area contributed by atoms with Crippen LogP contribution in [0.15, 0.2) is 59.7 Å². The molecule has 0 atom stereocenters. The molecule has 0 heterocycles. The molecule has 128 valence electrons. The number of nitro groups is 1.